The highest BCUT2D eigenvalue weighted by molar-refractivity contribution is 5.77. The second-order valence-corrected chi connectivity index (χ2v) is 5.90. The molecule has 0 bridgehead atoms. The molecule has 1 aliphatic heterocycles. The minimum atomic E-state index is -0.845. The van der Waals surface area contributed by atoms with Gasteiger partial charge in [0.1, 0.15) is 0 Å². The molecule has 1 aromatic rings. The van der Waals surface area contributed by atoms with E-state index in [-0.39, 0.29) is 25.2 Å². The number of carboxylic acids is 1. The predicted octanol–water partition coefficient (Wildman–Crippen LogP) is 2.01. The maximum atomic E-state index is 12.5. The number of amides is 2. The van der Waals surface area contributed by atoms with E-state index in [1.165, 1.54) is 0 Å². The van der Waals surface area contributed by atoms with Crippen LogP contribution in [0, 0.1) is 5.92 Å². The van der Waals surface area contributed by atoms with Crippen LogP contribution in [0.15, 0.2) is 30.3 Å². The molecule has 1 heterocycles. The molecule has 0 aliphatic carbocycles. The number of hydrogen-bond donors (Lipinski definition) is 3. The number of urea groups is 1. The topological polar surface area (TPSA) is 89.9 Å². The molecule has 2 atom stereocenters. The lowest BCUT2D eigenvalue weighted by Gasteiger charge is -2.32. The summed E-state index contributed by atoms with van der Waals surface area (Å²) in [5.74, 6) is -1.33. The van der Waals surface area contributed by atoms with Crippen LogP contribution >= 0.6 is 0 Å². The molecule has 2 rings (SSSR count). The van der Waals surface area contributed by atoms with Crippen LogP contribution in [0.5, 0.6) is 0 Å². The van der Waals surface area contributed by atoms with Crippen molar-refractivity contribution in [2.24, 2.45) is 5.92 Å². The van der Waals surface area contributed by atoms with Gasteiger partial charge in [-0.15, -0.1) is 0 Å². The number of nitrogens with one attached hydrogen (secondary N) is 1. The van der Waals surface area contributed by atoms with E-state index in [2.05, 4.69) is 5.32 Å². The Labute approximate surface area is 136 Å². The Bertz CT molecular complexity index is 521. The van der Waals surface area contributed by atoms with Gasteiger partial charge >= 0.3 is 12.0 Å². The molecule has 0 saturated carbocycles. The van der Waals surface area contributed by atoms with E-state index in [1.54, 1.807) is 4.90 Å². The summed E-state index contributed by atoms with van der Waals surface area (Å²) in [6.45, 7) is 0.907. The molecule has 2 amide bonds. The standard InChI is InChI=1S/C17H24N2O4/c20-11-5-9-15(13-6-2-1-3-7-13)18-17(23)19-10-4-8-14(12-19)16(21)22/h1-3,6-7,14-15,20H,4-5,8-12H2,(H,18,23)(H,21,22). The molecule has 1 aromatic carbocycles. The fourth-order valence-electron chi connectivity index (χ4n) is 2.91. The van der Waals surface area contributed by atoms with E-state index < -0.39 is 11.9 Å². The zero-order valence-electron chi connectivity index (χ0n) is 13.1. The van der Waals surface area contributed by atoms with Crippen LogP contribution in [0.2, 0.25) is 0 Å². The van der Waals surface area contributed by atoms with Gasteiger partial charge in [-0.1, -0.05) is 30.3 Å². The average molecular weight is 320 g/mol. The van der Waals surface area contributed by atoms with Crippen molar-refractivity contribution >= 4 is 12.0 Å². The Morgan fingerprint density at radius 1 is 1.30 bits per heavy atom. The van der Waals surface area contributed by atoms with Gasteiger partial charge in [-0.25, -0.2) is 4.79 Å². The van der Waals surface area contributed by atoms with Crippen molar-refractivity contribution in [3.63, 3.8) is 0 Å². The molecule has 23 heavy (non-hydrogen) atoms. The summed E-state index contributed by atoms with van der Waals surface area (Å²) in [6, 6.07) is 9.21. The van der Waals surface area contributed by atoms with Crippen LogP contribution in [0.3, 0.4) is 0 Å². The van der Waals surface area contributed by atoms with Gasteiger partial charge in [0.15, 0.2) is 0 Å². The summed E-state index contributed by atoms with van der Waals surface area (Å²) in [4.78, 5) is 25.2. The molecule has 0 radical (unpaired) electrons. The number of carbonyl (C=O) groups excluding carboxylic acids is 1. The van der Waals surface area contributed by atoms with E-state index in [4.69, 9.17) is 10.2 Å². The van der Waals surface area contributed by atoms with Gasteiger partial charge < -0.3 is 20.4 Å². The molecule has 0 spiro atoms. The van der Waals surface area contributed by atoms with Crippen molar-refractivity contribution < 1.29 is 19.8 Å². The fraction of sp³-hybridized carbons (Fsp3) is 0.529. The number of aliphatic hydroxyl groups is 1. The summed E-state index contributed by atoms with van der Waals surface area (Å²) in [5.41, 5.74) is 0.987. The van der Waals surface area contributed by atoms with E-state index in [0.29, 0.717) is 32.2 Å². The van der Waals surface area contributed by atoms with Gasteiger partial charge in [-0.2, -0.15) is 0 Å². The van der Waals surface area contributed by atoms with Crippen molar-refractivity contribution in [1.29, 1.82) is 0 Å². The van der Waals surface area contributed by atoms with E-state index >= 15 is 0 Å². The number of hydrogen-bond acceptors (Lipinski definition) is 3. The van der Waals surface area contributed by atoms with Gasteiger partial charge in [-0.05, 0) is 31.2 Å². The highest BCUT2D eigenvalue weighted by atomic mass is 16.4. The lowest BCUT2D eigenvalue weighted by molar-refractivity contribution is -0.143. The van der Waals surface area contributed by atoms with Gasteiger partial charge in [-0.3, -0.25) is 4.79 Å². The second-order valence-electron chi connectivity index (χ2n) is 5.90. The van der Waals surface area contributed by atoms with Crippen LogP contribution in [-0.2, 0) is 4.79 Å². The van der Waals surface area contributed by atoms with E-state index in [1.807, 2.05) is 30.3 Å². The first-order chi connectivity index (χ1) is 11.1. The van der Waals surface area contributed by atoms with Crippen molar-refractivity contribution in [3.05, 3.63) is 35.9 Å². The minimum absolute atomic E-state index is 0.0734. The number of nitrogens with zero attached hydrogens (tertiary/aromatic N) is 1. The fourth-order valence-corrected chi connectivity index (χ4v) is 2.91. The number of benzene rings is 1. The molecule has 0 aromatic heterocycles. The molecular weight excluding hydrogens is 296 g/mol. The minimum Gasteiger partial charge on any atom is -0.481 e. The summed E-state index contributed by atoms with van der Waals surface area (Å²) in [6.07, 6.45) is 2.56. The Morgan fingerprint density at radius 2 is 2.04 bits per heavy atom. The zero-order chi connectivity index (χ0) is 16.7. The molecule has 6 nitrogen and oxygen atoms in total. The van der Waals surface area contributed by atoms with Crippen LogP contribution in [0.4, 0.5) is 4.79 Å². The molecule has 1 saturated heterocycles. The Morgan fingerprint density at radius 3 is 2.70 bits per heavy atom. The first kappa shape index (κ1) is 17.3. The van der Waals surface area contributed by atoms with Crippen LogP contribution in [-0.4, -0.2) is 46.8 Å². The monoisotopic (exact) mass is 320 g/mol. The number of likely N-dealkylation sites (tertiary alicyclic amines) is 1. The second kappa shape index (κ2) is 8.53. The summed E-state index contributed by atoms with van der Waals surface area (Å²) in [5, 5.41) is 21.2. The van der Waals surface area contributed by atoms with Crippen LogP contribution in [0.25, 0.3) is 0 Å². The molecule has 126 valence electrons. The molecule has 1 aliphatic rings. The highest BCUT2D eigenvalue weighted by Gasteiger charge is 2.29. The van der Waals surface area contributed by atoms with Crippen molar-refractivity contribution in [2.75, 3.05) is 19.7 Å². The van der Waals surface area contributed by atoms with Crippen LogP contribution in [0.1, 0.15) is 37.3 Å². The first-order valence-corrected chi connectivity index (χ1v) is 8.06. The zero-order valence-corrected chi connectivity index (χ0v) is 13.1. The third-order valence-electron chi connectivity index (χ3n) is 4.21. The lowest BCUT2D eigenvalue weighted by Crippen LogP contribution is -2.47. The number of aliphatic hydroxyl groups excluding tert-OH is 1. The smallest absolute Gasteiger partial charge is 0.317 e. The molecule has 6 heteroatoms. The quantitative estimate of drug-likeness (QED) is 0.748. The maximum Gasteiger partial charge on any atom is 0.317 e. The normalized spacial score (nSPS) is 19.2. The maximum absolute atomic E-state index is 12.5. The summed E-state index contributed by atoms with van der Waals surface area (Å²) < 4.78 is 0. The first-order valence-electron chi connectivity index (χ1n) is 8.06. The Kier molecular flexibility index (Phi) is 6.40. The van der Waals surface area contributed by atoms with Crippen molar-refractivity contribution in [1.82, 2.24) is 10.2 Å². The van der Waals surface area contributed by atoms with Gasteiger partial charge in [0, 0.05) is 19.7 Å². The van der Waals surface area contributed by atoms with Gasteiger partial charge in [0.05, 0.1) is 12.0 Å². The summed E-state index contributed by atoms with van der Waals surface area (Å²) in [7, 11) is 0. The number of rotatable bonds is 6. The predicted molar refractivity (Wildman–Crippen MR) is 86.0 cm³/mol. The van der Waals surface area contributed by atoms with Gasteiger partial charge in [0.25, 0.3) is 0 Å². The van der Waals surface area contributed by atoms with Crippen molar-refractivity contribution in [3.8, 4) is 0 Å². The van der Waals surface area contributed by atoms with Crippen molar-refractivity contribution in [2.45, 2.75) is 31.7 Å². The van der Waals surface area contributed by atoms with E-state index in [9.17, 15) is 9.59 Å². The molecular formula is C17H24N2O4. The molecule has 3 N–H and O–H groups in total. The average Bonchev–Trinajstić information content (AvgIpc) is 2.59. The third kappa shape index (κ3) is 4.96. The summed E-state index contributed by atoms with van der Waals surface area (Å²) >= 11 is 0. The molecule has 2 unspecified atom stereocenters. The third-order valence-corrected chi connectivity index (χ3v) is 4.21. The largest absolute Gasteiger partial charge is 0.481 e. The molecule has 1 fully saturated rings. The lowest BCUT2D eigenvalue weighted by atomic mass is 9.98. The van der Waals surface area contributed by atoms with Crippen LogP contribution < -0.4 is 5.32 Å². The number of piperidine rings is 1. The highest BCUT2D eigenvalue weighted by Crippen LogP contribution is 2.21. The SMILES string of the molecule is O=C(O)C1CCCN(C(=O)NC(CCCO)c2ccccc2)C1. The van der Waals surface area contributed by atoms with Gasteiger partial charge in [0.2, 0.25) is 0 Å². The number of aliphatic carboxylic acids is 1. The number of carbonyl (C=O) groups is 2. The Balaban J connectivity index is 2.00. The van der Waals surface area contributed by atoms with E-state index in [0.717, 1.165) is 5.56 Å². The Hall–Kier alpha value is -2.08. The number of carboxylic acid groups (broad SMARTS) is 1.